The van der Waals surface area contributed by atoms with E-state index >= 15 is 0 Å². The van der Waals surface area contributed by atoms with Crippen LogP contribution in [0.3, 0.4) is 0 Å². The lowest BCUT2D eigenvalue weighted by Crippen LogP contribution is -2.45. The van der Waals surface area contributed by atoms with Gasteiger partial charge in [-0.05, 0) is 39.8 Å². The zero-order valence-electron chi connectivity index (χ0n) is 16.0. The molecule has 2 aromatic rings. The molecule has 2 N–H and O–H groups in total. The van der Waals surface area contributed by atoms with E-state index in [1.54, 1.807) is 17.4 Å². The average Bonchev–Trinajstić information content (AvgIpc) is 3.01. The molecule has 6 nitrogen and oxygen atoms in total. The molecule has 7 heteroatoms. The number of carbonyl (C=O) groups excluding carboxylic acids is 2. The number of aryl methyl sites for hydroxylation is 1. The van der Waals surface area contributed by atoms with E-state index < -0.39 is 0 Å². The van der Waals surface area contributed by atoms with Gasteiger partial charge in [-0.3, -0.25) is 9.59 Å². The van der Waals surface area contributed by atoms with E-state index in [-0.39, 0.29) is 23.9 Å². The third-order valence-corrected chi connectivity index (χ3v) is 4.14. The van der Waals surface area contributed by atoms with Crippen LogP contribution in [0.4, 0.5) is 0 Å². The molecule has 0 fully saturated rings. The maximum absolute atomic E-state index is 12.0. The molecule has 2 amide bonds. The minimum absolute atomic E-state index is 0.0677. The summed E-state index contributed by atoms with van der Waals surface area (Å²) in [5.74, 6) is 0.0909. The van der Waals surface area contributed by atoms with Crippen molar-refractivity contribution in [2.45, 2.75) is 39.8 Å². The molecular formula is C20H25N3O3S. The molecule has 1 heterocycles. The molecule has 0 saturated heterocycles. The maximum atomic E-state index is 12.0. The van der Waals surface area contributed by atoms with Gasteiger partial charge in [0.05, 0.1) is 17.2 Å². The first-order valence-corrected chi connectivity index (χ1v) is 9.51. The predicted molar refractivity (Wildman–Crippen MR) is 108 cm³/mol. The molecular weight excluding hydrogens is 362 g/mol. The van der Waals surface area contributed by atoms with Gasteiger partial charge in [0.2, 0.25) is 11.8 Å². The number of carbonyl (C=O) groups is 2. The Labute approximate surface area is 163 Å². The predicted octanol–water partition coefficient (Wildman–Crippen LogP) is 3.07. The van der Waals surface area contributed by atoms with Gasteiger partial charge in [-0.25, -0.2) is 4.98 Å². The normalized spacial score (nSPS) is 11.4. The van der Waals surface area contributed by atoms with Gasteiger partial charge in [0.1, 0.15) is 12.4 Å². The van der Waals surface area contributed by atoms with Crippen molar-refractivity contribution in [3.05, 3.63) is 52.0 Å². The van der Waals surface area contributed by atoms with Crippen molar-refractivity contribution in [1.82, 2.24) is 15.6 Å². The summed E-state index contributed by atoms with van der Waals surface area (Å²) in [5, 5.41) is 8.31. The highest BCUT2D eigenvalue weighted by Crippen LogP contribution is 2.21. The van der Waals surface area contributed by atoms with Crippen LogP contribution in [0.15, 0.2) is 35.7 Å². The molecule has 0 bridgehead atoms. The van der Waals surface area contributed by atoms with Crippen LogP contribution in [0.1, 0.15) is 37.0 Å². The molecule has 0 saturated carbocycles. The number of hydrogen-bond donors (Lipinski definition) is 2. The summed E-state index contributed by atoms with van der Waals surface area (Å²) in [6.07, 6.45) is 3.05. The summed E-state index contributed by atoms with van der Waals surface area (Å²) < 4.78 is 5.82. The van der Waals surface area contributed by atoms with E-state index in [1.165, 1.54) is 6.08 Å². The van der Waals surface area contributed by atoms with Crippen LogP contribution in [0, 0.1) is 6.92 Å². The highest BCUT2D eigenvalue weighted by Gasteiger charge is 2.13. The number of amides is 2. The van der Waals surface area contributed by atoms with Gasteiger partial charge in [-0.2, -0.15) is 0 Å². The molecule has 0 atom stereocenters. The lowest BCUT2D eigenvalue weighted by molar-refractivity contribution is -0.124. The van der Waals surface area contributed by atoms with Crippen molar-refractivity contribution in [2.24, 2.45) is 0 Å². The van der Waals surface area contributed by atoms with Gasteiger partial charge < -0.3 is 15.4 Å². The number of nitrogens with zero attached hydrogens (tertiary/aromatic N) is 1. The zero-order valence-corrected chi connectivity index (χ0v) is 16.9. The molecule has 0 aliphatic carbocycles. The number of para-hydroxylation sites is 1. The van der Waals surface area contributed by atoms with Crippen molar-refractivity contribution in [1.29, 1.82) is 0 Å². The van der Waals surface area contributed by atoms with E-state index in [1.807, 2.05) is 57.3 Å². The van der Waals surface area contributed by atoms with Gasteiger partial charge >= 0.3 is 0 Å². The van der Waals surface area contributed by atoms with Crippen molar-refractivity contribution in [3.63, 3.8) is 0 Å². The van der Waals surface area contributed by atoms with Crippen LogP contribution in [-0.2, 0) is 16.2 Å². The van der Waals surface area contributed by atoms with Crippen LogP contribution in [0.25, 0.3) is 6.08 Å². The minimum atomic E-state index is -0.344. The molecule has 2 rings (SSSR count). The van der Waals surface area contributed by atoms with E-state index in [9.17, 15) is 9.59 Å². The summed E-state index contributed by atoms with van der Waals surface area (Å²) in [4.78, 5) is 28.1. The summed E-state index contributed by atoms with van der Waals surface area (Å²) in [6, 6.07) is 7.44. The number of thiazole rings is 1. The summed E-state index contributed by atoms with van der Waals surface area (Å²) in [5.41, 5.74) is 1.32. The molecule has 144 valence electrons. The third kappa shape index (κ3) is 7.62. The van der Waals surface area contributed by atoms with Crippen LogP contribution < -0.4 is 15.4 Å². The van der Waals surface area contributed by atoms with E-state index in [4.69, 9.17) is 4.74 Å². The van der Waals surface area contributed by atoms with Crippen molar-refractivity contribution in [2.75, 3.05) is 6.54 Å². The maximum Gasteiger partial charge on any atom is 0.244 e. The Balaban J connectivity index is 1.90. The Bertz CT molecular complexity index is 822. The van der Waals surface area contributed by atoms with Gasteiger partial charge in [0, 0.05) is 22.6 Å². The van der Waals surface area contributed by atoms with Gasteiger partial charge in [0.15, 0.2) is 0 Å². The highest BCUT2D eigenvalue weighted by molar-refractivity contribution is 7.09. The van der Waals surface area contributed by atoms with Crippen LogP contribution >= 0.6 is 11.3 Å². The molecule has 1 aromatic heterocycles. The second kappa shape index (κ2) is 9.32. The number of benzene rings is 1. The monoisotopic (exact) mass is 387 g/mol. The lowest BCUT2D eigenvalue weighted by atomic mass is 10.1. The molecule has 0 unspecified atom stereocenters. The van der Waals surface area contributed by atoms with Crippen molar-refractivity contribution < 1.29 is 14.3 Å². The largest absolute Gasteiger partial charge is 0.487 e. The van der Waals surface area contributed by atoms with E-state index in [2.05, 4.69) is 15.6 Å². The van der Waals surface area contributed by atoms with Crippen LogP contribution in [0.2, 0.25) is 0 Å². The number of hydrogen-bond acceptors (Lipinski definition) is 5. The smallest absolute Gasteiger partial charge is 0.244 e. The number of nitrogens with one attached hydrogen (secondary N) is 2. The average molecular weight is 388 g/mol. The van der Waals surface area contributed by atoms with Crippen molar-refractivity contribution >= 4 is 29.2 Å². The molecule has 0 aliphatic rings. The number of rotatable bonds is 7. The van der Waals surface area contributed by atoms with Gasteiger partial charge in [0.25, 0.3) is 0 Å². The Morgan fingerprint density at radius 3 is 2.67 bits per heavy atom. The Morgan fingerprint density at radius 1 is 1.26 bits per heavy atom. The first-order chi connectivity index (χ1) is 12.7. The molecule has 0 radical (unpaired) electrons. The highest BCUT2D eigenvalue weighted by atomic mass is 32.1. The number of ether oxygens (including phenoxy) is 1. The molecule has 27 heavy (non-hydrogen) atoms. The fourth-order valence-corrected chi connectivity index (χ4v) is 2.83. The summed E-state index contributed by atoms with van der Waals surface area (Å²) in [6.45, 7) is 7.91. The molecule has 0 spiro atoms. The van der Waals surface area contributed by atoms with Gasteiger partial charge in [-0.1, -0.05) is 18.2 Å². The quantitative estimate of drug-likeness (QED) is 0.716. The standard InChI is InChI=1S/C20H25N3O3S/c1-14-22-16(13-27-14)12-26-17-8-6-5-7-15(17)9-10-18(24)21-11-19(25)23-20(2,3)4/h5-10,13H,11-12H2,1-4H3,(H,21,24)(H,23,25)/b10-9+. The third-order valence-electron chi connectivity index (χ3n) is 3.31. The van der Waals surface area contributed by atoms with E-state index in [0.717, 1.165) is 16.3 Å². The Hall–Kier alpha value is -2.67. The van der Waals surface area contributed by atoms with Gasteiger partial charge in [-0.15, -0.1) is 11.3 Å². The molecule has 0 aliphatic heterocycles. The van der Waals surface area contributed by atoms with Crippen molar-refractivity contribution in [3.8, 4) is 5.75 Å². The minimum Gasteiger partial charge on any atom is -0.487 e. The topological polar surface area (TPSA) is 80.3 Å². The number of aromatic nitrogens is 1. The Kier molecular flexibility index (Phi) is 7.12. The SMILES string of the molecule is Cc1nc(COc2ccccc2/C=C/C(=O)NCC(=O)NC(C)(C)C)cs1. The lowest BCUT2D eigenvalue weighted by Gasteiger charge is -2.20. The molecule has 1 aromatic carbocycles. The summed E-state index contributed by atoms with van der Waals surface area (Å²) in [7, 11) is 0. The zero-order chi connectivity index (χ0) is 19.9. The van der Waals surface area contributed by atoms with Crippen LogP contribution in [0.5, 0.6) is 5.75 Å². The first kappa shape index (κ1) is 20.6. The fourth-order valence-electron chi connectivity index (χ4n) is 2.23. The second-order valence-corrected chi connectivity index (χ2v) is 8.10. The Morgan fingerprint density at radius 2 is 2.00 bits per heavy atom. The second-order valence-electron chi connectivity index (χ2n) is 7.03. The first-order valence-electron chi connectivity index (χ1n) is 8.63. The summed E-state index contributed by atoms with van der Waals surface area (Å²) >= 11 is 1.58. The van der Waals surface area contributed by atoms with Crippen LogP contribution in [-0.4, -0.2) is 28.9 Å². The fraction of sp³-hybridized carbons (Fsp3) is 0.350. The van der Waals surface area contributed by atoms with E-state index in [0.29, 0.717) is 12.4 Å².